The van der Waals surface area contributed by atoms with Gasteiger partial charge in [-0.25, -0.2) is 0 Å². The highest BCUT2D eigenvalue weighted by molar-refractivity contribution is 6.02. The van der Waals surface area contributed by atoms with Crippen LogP contribution in [0, 0.1) is 0 Å². The molecule has 0 saturated heterocycles. The van der Waals surface area contributed by atoms with Crippen LogP contribution in [-0.2, 0) is 36.9 Å². The predicted molar refractivity (Wildman–Crippen MR) is 143 cm³/mol. The largest absolute Gasteiger partial charge is 0.489 e. The van der Waals surface area contributed by atoms with E-state index < -0.39 is 24.0 Å². The summed E-state index contributed by atoms with van der Waals surface area (Å²) in [4.78, 5) is 40.7. The van der Waals surface area contributed by atoms with Gasteiger partial charge in [0, 0.05) is 0 Å². The van der Waals surface area contributed by atoms with Crippen molar-refractivity contribution in [3.05, 3.63) is 96.1 Å². The van der Waals surface area contributed by atoms with Gasteiger partial charge < -0.3 is 14.2 Å². The van der Waals surface area contributed by atoms with Crippen LogP contribution in [0.3, 0.4) is 0 Å². The highest BCUT2D eigenvalue weighted by Gasteiger charge is 2.35. The normalized spacial score (nSPS) is 15.6. The van der Waals surface area contributed by atoms with E-state index >= 15 is 0 Å². The number of hydrogen-bond acceptors (Lipinski definition) is 7. The Bertz CT molecular complexity index is 1220. The Morgan fingerprint density at radius 1 is 0.947 bits per heavy atom. The molecule has 1 amide bonds. The van der Waals surface area contributed by atoms with E-state index in [0.29, 0.717) is 24.3 Å². The zero-order chi connectivity index (χ0) is 26.7. The standard InChI is InChI=1S/C30H32N2O6/c1-2-36-30(35)24(18-17-22-11-5-3-6-12-22)31-25-21-37-27-16-10-9-15-26(27)32(29(25)34)19-28(33)38-20-23-13-7-4-8-14-23/h3-16,24-25,31H,2,17-21H2,1H3/t24-,25-/m0/s1. The lowest BCUT2D eigenvalue weighted by Gasteiger charge is -2.26. The maximum absolute atomic E-state index is 13.7. The molecule has 0 aliphatic carbocycles. The Morgan fingerprint density at radius 2 is 1.61 bits per heavy atom. The Balaban J connectivity index is 1.49. The summed E-state index contributed by atoms with van der Waals surface area (Å²) in [6.45, 7) is 1.77. The number of para-hydroxylation sites is 2. The van der Waals surface area contributed by atoms with Crippen molar-refractivity contribution in [3.63, 3.8) is 0 Å². The van der Waals surface area contributed by atoms with Gasteiger partial charge >= 0.3 is 11.9 Å². The molecule has 4 rings (SSSR count). The first-order chi connectivity index (χ1) is 18.5. The van der Waals surface area contributed by atoms with E-state index in [1.165, 1.54) is 4.90 Å². The molecule has 0 fully saturated rings. The lowest BCUT2D eigenvalue weighted by molar-refractivity contribution is -0.147. The molecule has 8 nitrogen and oxygen atoms in total. The van der Waals surface area contributed by atoms with Crippen LogP contribution in [0.25, 0.3) is 0 Å². The summed E-state index contributed by atoms with van der Waals surface area (Å²) in [7, 11) is 0. The van der Waals surface area contributed by atoms with Gasteiger partial charge in [-0.15, -0.1) is 0 Å². The van der Waals surface area contributed by atoms with Crippen molar-refractivity contribution in [1.29, 1.82) is 0 Å². The van der Waals surface area contributed by atoms with Gasteiger partial charge in [0.05, 0.1) is 12.3 Å². The smallest absolute Gasteiger partial charge is 0.326 e. The molecule has 1 N–H and O–H groups in total. The van der Waals surface area contributed by atoms with E-state index in [9.17, 15) is 14.4 Å². The van der Waals surface area contributed by atoms with Crippen LogP contribution in [-0.4, -0.2) is 49.7 Å². The van der Waals surface area contributed by atoms with Crippen molar-refractivity contribution >= 4 is 23.5 Å². The van der Waals surface area contributed by atoms with Gasteiger partial charge in [-0.3, -0.25) is 24.6 Å². The molecular formula is C30H32N2O6. The van der Waals surface area contributed by atoms with Gasteiger partial charge in [0.1, 0.15) is 37.6 Å². The SMILES string of the molecule is CCOC(=O)[C@H](CCc1ccccc1)N[C@H]1COc2ccccc2N(CC(=O)OCc2ccccc2)C1=O. The Labute approximate surface area is 222 Å². The summed E-state index contributed by atoms with van der Waals surface area (Å²) < 4.78 is 16.7. The molecule has 0 saturated carbocycles. The number of esters is 2. The van der Waals surface area contributed by atoms with Gasteiger partial charge in [-0.05, 0) is 43.0 Å². The topological polar surface area (TPSA) is 94.2 Å². The molecule has 1 aliphatic heterocycles. The van der Waals surface area contributed by atoms with Gasteiger partial charge in [-0.1, -0.05) is 72.8 Å². The summed E-state index contributed by atoms with van der Waals surface area (Å²) in [5.74, 6) is -0.908. The van der Waals surface area contributed by atoms with Crippen molar-refractivity contribution in [1.82, 2.24) is 5.32 Å². The van der Waals surface area contributed by atoms with Crippen molar-refractivity contribution in [2.45, 2.75) is 38.5 Å². The second-order valence-electron chi connectivity index (χ2n) is 8.90. The summed E-state index contributed by atoms with van der Waals surface area (Å²) in [5, 5.41) is 3.15. The van der Waals surface area contributed by atoms with Gasteiger partial charge in [0.2, 0.25) is 5.91 Å². The average Bonchev–Trinajstić information content (AvgIpc) is 3.07. The van der Waals surface area contributed by atoms with Gasteiger partial charge in [0.25, 0.3) is 0 Å². The maximum Gasteiger partial charge on any atom is 0.326 e. The van der Waals surface area contributed by atoms with Crippen LogP contribution >= 0.6 is 0 Å². The zero-order valence-electron chi connectivity index (χ0n) is 21.4. The number of carbonyl (C=O) groups is 3. The first kappa shape index (κ1) is 26.9. The Morgan fingerprint density at radius 3 is 2.32 bits per heavy atom. The number of nitrogens with one attached hydrogen (secondary N) is 1. The number of nitrogens with zero attached hydrogens (tertiary/aromatic N) is 1. The van der Waals surface area contributed by atoms with Crippen molar-refractivity contribution in [2.75, 3.05) is 24.7 Å². The van der Waals surface area contributed by atoms with Crippen LogP contribution in [0.5, 0.6) is 5.75 Å². The monoisotopic (exact) mass is 516 g/mol. The zero-order valence-corrected chi connectivity index (χ0v) is 21.4. The molecule has 2 atom stereocenters. The minimum atomic E-state index is -0.880. The predicted octanol–water partition coefficient (Wildman–Crippen LogP) is 3.68. The number of benzene rings is 3. The number of hydrogen-bond donors (Lipinski definition) is 1. The quantitative estimate of drug-likeness (QED) is 0.389. The minimum absolute atomic E-state index is 0.00729. The molecule has 1 aliphatic rings. The minimum Gasteiger partial charge on any atom is -0.489 e. The highest BCUT2D eigenvalue weighted by Crippen LogP contribution is 2.31. The van der Waals surface area contributed by atoms with Crippen LogP contribution in [0.2, 0.25) is 0 Å². The first-order valence-electron chi connectivity index (χ1n) is 12.7. The van der Waals surface area contributed by atoms with Crippen molar-refractivity contribution < 1.29 is 28.6 Å². The van der Waals surface area contributed by atoms with E-state index in [4.69, 9.17) is 14.2 Å². The van der Waals surface area contributed by atoms with E-state index in [-0.39, 0.29) is 32.3 Å². The number of rotatable bonds is 11. The molecule has 38 heavy (non-hydrogen) atoms. The Hall–Kier alpha value is -4.17. The number of fused-ring (bicyclic) bond motifs is 1. The van der Waals surface area contributed by atoms with Crippen molar-refractivity contribution in [3.8, 4) is 5.75 Å². The van der Waals surface area contributed by atoms with Crippen LogP contribution in [0.15, 0.2) is 84.9 Å². The van der Waals surface area contributed by atoms with Gasteiger partial charge in [-0.2, -0.15) is 0 Å². The number of anilines is 1. The number of amides is 1. The molecule has 3 aromatic rings. The summed E-state index contributed by atoms with van der Waals surface area (Å²) in [6, 6.07) is 24.5. The molecule has 8 heteroatoms. The third-order valence-corrected chi connectivity index (χ3v) is 6.19. The van der Waals surface area contributed by atoms with Crippen LogP contribution < -0.4 is 15.0 Å². The summed E-state index contributed by atoms with van der Waals surface area (Å²) >= 11 is 0. The molecule has 0 aromatic heterocycles. The third-order valence-electron chi connectivity index (χ3n) is 6.19. The maximum atomic E-state index is 13.7. The van der Waals surface area contributed by atoms with Gasteiger partial charge in [0.15, 0.2) is 0 Å². The number of aryl methyl sites for hydroxylation is 1. The molecule has 3 aromatic carbocycles. The fourth-order valence-electron chi connectivity index (χ4n) is 4.26. The molecule has 0 unspecified atom stereocenters. The van der Waals surface area contributed by atoms with Crippen LogP contribution in [0.1, 0.15) is 24.5 Å². The lowest BCUT2D eigenvalue weighted by Crippen LogP contribution is -2.55. The van der Waals surface area contributed by atoms with E-state index in [0.717, 1.165) is 11.1 Å². The molecule has 0 bridgehead atoms. The summed E-state index contributed by atoms with van der Waals surface area (Å²) in [5.41, 5.74) is 2.39. The molecule has 1 heterocycles. The number of ether oxygens (including phenoxy) is 3. The van der Waals surface area contributed by atoms with E-state index in [1.807, 2.05) is 60.7 Å². The molecular weight excluding hydrogens is 484 g/mol. The fourth-order valence-corrected chi connectivity index (χ4v) is 4.26. The Kier molecular flexibility index (Phi) is 9.48. The second-order valence-corrected chi connectivity index (χ2v) is 8.90. The van der Waals surface area contributed by atoms with E-state index in [1.54, 1.807) is 31.2 Å². The average molecular weight is 517 g/mol. The first-order valence-corrected chi connectivity index (χ1v) is 12.7. The fraction of sp³-hybridized carbons (Fsp3) is 0.300. The molecule has 0 radical (unpaired) electrons. The third kappa shape index (κ3) is 7.20. The lowest BCUT2D eigenvalue weighted by atomic mass is 10.0. The highest BCUT2D eigenvalue weighted by atomic mass is 16.5. The summed E-state index contributed by atoms with van der Waals surface area (Å²) in [6.07, 6.45) is 1.05. The second kappa shape index (κ2) is 13.4. The molecule has 0 spiro atoms. The van der Waals surface area contributed by atoms with Crippen LogP contribution in [0.4, 0.5) is 5.69 Å². The van der Waals surface area contributed by atoms with E-state index in [2.05, 4.69) is 5.32 Å². The van der Waals surface area contributed by atoms with Crippen molar-refractivity contribution in [2.24, 2.45) is 0 Å². The molecule has 198 valence electrons. The number of carbonyl (C=O) groups excluding carboxylic acids is 3.